The fraction of sp³-hybridized carbons (Fsp3) is 0.353. The monoisotopic (exact) mass is 447 g/mol. The van der Waals surface area contributed by atoms with Crippen molar-refractivity contribution in [3.8, 4) is 0 Å². The van der Waals surface area contributed by atoms with Gasteiger partial charge in [-0.05, 0) is 28.4 Å². The molecular weight excluding hydrogens is 430 g/mol. The molecule has 0 fully saturated rings. The van der Waals surface area contributed by atoms with Crippen LogP contribution in [0, 0.1) is 6.92 Å². The first kappa shape index (κ1) is 18.1. The molecule has 0 radical (unpaired) electrons. The van der Waals surface area contributed by atoms with Crippen LogP contribution in [0.3, 0.4) is 0 Å². The molecular formula is C17H18BrN7OS. The number of aryl methyl sites for hydroxylation is 1. The summed E-state index contributed by atoms with van der Waals surface area (Å²) in [6.07, 6.45) is 5.34. The largest absolute Gasteiger partial charge is 0.344 e. The lowest BCUT2D eigenvalue weighted by Crippen LogP contribution is -2.21. The van der Waals surface area contributed by atoms with Gasteiger partial charge in [-0.2, -0.15) is 5.10 Å². The molecule has 8 nitrogen and oxygen atoms in total. The number of hydrogen-bond acceptors (Lipinski definition) is 6. The first-order valence-electron chi connectivity index (χ1n) is 8.39. The molecule has 27 heavy (non-hydrogen) atoms. The molecule has 0 aliphatic heterocycles. The van der Waals surface area contributed by atoms with Gasteiger partial charge in [0.2, 0.25) is 0 Å². The maximum atomic E-state index is 12.4. The Morgan fingerprint density at radius 1 is 1.41 bits per heavy atom. The van der Waals surface area contributed by atoms with Crippen molar-refractivity contribution in [2.45, 2.75) is 26.3 Å². The van der Waals surface area contributed by atoms with Gasteiger partial charge in [-0.25, -0.2) is 14.5 Å². The van der Waals surface area contributed by atoms with E-state index in [-0.39, 0.29) is 11.8 Å². The second-order valence-corrected chi connectivity index (χ2v) is 8.62. The zero-order chi connectivity index (χ0) is 19.3. The third-order valence-corrected chi connectivity index (χ3v) is 5.98. The van der Waals surface area contributed by atoms with Gasteiger partial charge < -0.3 is 4.90 Å². The zero-order valence-electron chi connectivity index (χ0n) is 15.3. The van der Waals surface area contributed by atoms with Crippen LogP contribution in [0.2, 0.25) is 0 Å². The summed E-state index contributed by atoms with van der Waals surface area (Å²) in [4.78, 5) is 24.7. The zero-order valence-corrected chi connectivity index (χ0v) is 17.7. The number of carbonyl (C=O) groups is 1. The molecule has 0 spiro atoms. The standard InChI is InChI=1S/C17H18BrN7OS/c1-9(6-24-7-11(18)5-20-24)14-21-15-12-10(2)13(17(26)23(3)4)27-16(12)19-8-25(15)22-14/h5,7-9H,6H2,1-4H3. The van der Waals surface area contributed by atoms with Crippen LogP contribution in [0.1, 0.15) is 33.9 Å². The number of nitrogens with zero attached hydrogens (tertiary/aromatic N) is 7. The van der Waals surface area contributed by atoms with Crippen molar-refractivity contribution in [1.82, 2.24) is 34.3 Å². The molecule has 10 heteroatoms. The first-order valence-corrected chi connectivity index (χ1v) is 10.00. The van der Waals surface area contributed by atoms with Crippen LogP contribution in [-0.4, -0.2) is 54.3 Å². The number of thiophene rings is 1. The number of hydrogen-bond donors (Lipinski definition) is 0. The van der Waals surface area contributed by atoms with E-state index in [0.29, 0.717) is 11.4 Å². The topological polar surface area (TPSA) is 81.2 Å². The molecule has 4 rings (SSSR count). The predicted octanol–water partition coefficient (Wildman–Crippen LogP) is 3.11. The molecule has 0 aliphatic rings. The van der Waals surface area contributed by atoms with Crippen LogP contribution in [0.25, 0.3) is 15.9 Å². The Bertz CT molecular complexity index is 1160. The van der Waals surface area contributed by atoms with E-state index in [9.17, 15) is 4.79 Å². The summed E-state index contributed by atoms with van der Waals surface area (Å²) in [6, 6.07) is 0. The average Bonchev–Trinajstić information content (AvgIpc) is 3.31. The lowest BCUT2D eigenvalue weighted by molar-refractivity contribution is 0.0831. The lowest BCUT2D eigenvalue weighted by Gasteiger charge is -2.08. The molecule has 0 aliphatic carbocycles. The molecule has 0 aromatic carbocycles. The number of aromatic nitrogens is 6. The molecule has 0 saturated carbocycles. The van der Waals surface area contributed by atoms with E-state index >= 15 is 0 Å². The predicted molar refractivity (Wildman–Crippen MR) is 107 cm³/mol. The van der Waals surface area contributed by atoms with Gasteiger partial charge in [0.15, 0.2) is 11.5 Å². The first-order chi connectivity index (χ1) is 12.8. The molecule has 0 bridgehead atoms. The minimum absolute atomic E-state index is 0.0222. The molecule has 1 unspecified atom stereocenters. The second kappa shape index (κ2) is 6.68. The number of amides is 1. The minimum Gasteiger partial charge on any atom is -0.344 e. The number of halogens is 1. The highest BCUT2D eigenvalue weighted by Gasteiger charge is 2.22. The smallest absolute Gasteiger partial charge is 0.263 e. The van der Waals surface area contributed by atoms with Crippen LogP contribution in [0.15, 0.2) is 23.2 Å². The third-order valence-electron chi connectivity index (χ3n) is 4.39. The molecule has 1 amide bonds. The summed E-state index contributed by atoms with van der Waals surface area (Å²) < 4.78 is 4.49. The van der Waals surface area contributed by atoms with Gasteiger partial charge in [-0.3, -0.25) is 9.48 Å². The van der Waals surface area contributed by atoms with Gasteiger partial charge >= 0.3 is 0 Å². The van der Waals surface area contributed by atoms with E-state index in [0.717, 1.165) is 31.7 Å². The molecule has 0 saturated heterocycles. The summed E-state index contributed by atoms with van der Waals surface area (Å²) in [5, 5.41) is 9.78. The number of carbonyl (C=O) groups excluding carboxylic acids is 1. The summed E-state index contributed by atoms with van der Waals surface area (Å²) >= 11 is 4.80. The summed E-state index contributed by atoms with van der Waals surface area (Å²) in [5.41, 5.74) is 1.63. The van der Waals surface area contributed by atoms with E-state index in [1.54, 1.807) is 36.0 Å². The maximum Gasteiger partial charge on any atom is 0.263 e. The SMILES string of the molecule is Cc1c(C(=O)N(C)C)sc2ncn3nc(C(C)Cn4cc(Br)cn4)nc3c12. The Balaban J connectivity index is 1.77. The average molecular weight is 448 g/mol. The number of fused-ring (bicyclic) bond motifs is 3. The normalized spacial score (nSPS) is 12.8. The summed E-state index contributed by atoms with van der Waals surface area (Å²) in [5.74, 6) is 0.779. The van der Waals surface area contributed by atoms with Crippen LogP contribution in [0.5, 0.6) is 0 Å². The van der Waals surface area contributed by atoms with Gasteiger partial charge in [0.1, 0.15) is 11.2 Å². The molecule has 1 atom stereocenters. The van der Waals surface area contributed by atoms with Crippen molar-refractivity contribution < 1.29 is 4.79 Å². The Hall–Kier alpha value is -2.33. The summed E-state index contributed by atoms with van der Waals surface area (Å²) in [7, 11) is 3.50. The fourth-order valence-corrected chi connectivity index (χ4v) is 4.46. The fourth-order valence-electron chi connectivity index (χ4n) is 2.97. The Labute approximate surface area is 168 Å². The van der Waals surface area contributed by atoms with Gasteiger partial charge in [0.25, 0.3) is 5.91 Å². The van der Waals surface area contributed by atoms with Crippen LogP contribution in [0.4, 0.5) is 0 Å². The highest BCUT2D eigenvalue weighted by atomic mass is 79.9. The highest BCUT2D eigenvalue weighted by molar-refractivity contribution is 9.10. The Morgan fingerprint density at radius 3 is 2.85 bits per heavy atom. The third kappa shape index (κ3) is 3.12. The van der Waals surface area contributed by atoms with Crippen molar-refractivity contribution in [2.75, 3.05) is 14.1 Å². The van der Waals surface area contributed by atoms with Crippen LogP contribution < -0.4 is 0 Å². The second-order valence-electron chi connectivity index (χ2n) is 6.70. The summed E-state index contributed by atoms with van der Waals surface area (Å²) in [6.45, 7) is 4.68. The van der Waals surface area contributed by atoms with E-state index in [4.69, 9.17) is 4.98 Å². The van der Waals surface area contributed by atoms with Crippen molar-refractivity contribution in [1.29, 1.82) is 0 Å². The quantitative estimate of drug-likeness (QED) is 0.479. The minimum atomic E-state index is -0.0222. The molecule has 0 N–H and O–H groups in total. The van der Waals surface area contributed by atoms with Gasteiger partial charge in [-0.15, -0.1) is 16.4 Å². The molecule has 4 aromatic rings. The lowest BCUT2D eigenvalue weighted by atomic mass is 10.1. The Morgan fingerprint density at radius 2 is 2.19 bits per heavy atom. The van der Waals surface area contributed by atoms with Gasteiger partial charge in [0.05, 0.1) is 27.5 Å². The highest BCUT2D eigenvalue weighted by Crippen LogP contribution is 2.32. The van der Waals surface area contributed by atoms with Crippen molar-refractivity contribution >= 4 is 49.0 Å². The van der Waals surface area contributed by atoms with E-state index in [2.05, 4.69) is 38.0 Å². The van der Waals surface area contributed by atoms with E-state index in [1.165, 1.54) is 11.3 Å². The molecule has 4 heterocycles. The van der Waals surface area contributed by atoms with E-state index < -0.39 is 0 Å². The van der Waals surface area contributed by atoms with Crippen LogP contribution in [-0.2, 0) is 6.54 Å². The van der Waals surface area contributed by atoms with Crippen molar-refractivity contribution in [2.24, 2.45) is 0 Å². The van der Waals surface area contributed by atoms with Gasteiger partial charge in [-0.1, -0.05) is 6.92 Å². The molecule has 140 valence electrons. The van der Waals surface area contributed by atoms with E-state index in [1.807, 2.05) is 17.8 Å². The van der Waals surface area contributed by atoms with Crippen LogP contribution >= 0.6 is 27.3 Å². The number of rotatable bonds is 4. The maximum absolute atomic E-state index is 12.4. The van der Waals surface area contributed by atoms with Gasteiger partial charge in [0, 0.05) is 26.2 Å². The Kier molecular flexibility index (Phi) is 4.47. The van der Waals surface area contributed by atoms with Crippen molar-refractivity contribution in [3.05, 3.63) is 39.5 Å². The van der Waals surface area contributed by atoms with Crippen molar-refractivity contribution in [3.63, 3.8) is 0 Å². The molecule has 4 aromatic heterocycles.